The van der Waals surface area contributed by atoms with Crippen molar-refractivity contribution in [3.8, 4) is 5.75 Å². The van der Waals surface area contributed by atoms with Crippen LogP contribution in [0.15, 0.2) is 36.4 Å². The summed E-state index contributed by atoms with van der Waals surface area (Å²) in [6.45, 7) is 1.66. The van der Waals surface area contributed by atoms with Gasteiger partial charge in [0.05, 0.1) is 12.1 Å². The molecule has 2 aromatic carbocycles. The molecule has 1 fully saturated rings. The van der Waals surface area contributed by atoms with Crippen molar-refractivity contribution in [2.45, 2.75) is 57.7 Å². The van der Waals surface area contributed by atoms with Crippen molar-refractivity contribution in [3.63, 3.8) is 0 Å². The van der Waals surface area contributed by atoms with Gasteiger partial charge in [0.1, 0.15) is 17.6 Å². The summed E-state index contributed by atoms with van der Waals surface area (Å²) >= 11 is 0. The normalized spacial score (nSPS) is 18.4. The molecule has 2 aliphatic rings. The average molecular weight is 434 g/mol. The number of phenols is 1. The highest BCUT2D eigenvalue weighted by Gasteiger charge is 2.35. The summed E-state index contributed by atoms with van der Waals surface area (Å²) in [5.41, 5.74) is 0.228. The van der Waals surface area contributed by atoms with Gasteiger partial charge in [-0.05, 0) is 37.1 Å². The van der Waals surface area contributed by atoms with E-state index in [1.165, 1.54) is 6.42 Å². The highest BCUT2D eigenvalue weighted by Crippen LogP contribution is 2.31. The van der Waals surface area contributed by atoms with Crippen molar-refractivity contribution in [3.05, 3.63) is 53.6 Å². The fourth-order valence-corrected chi connectivity index (χ4v) is 4.82. The van der Waals surface area contributed by atoms with Crippen LogP contribution in [0.2, 0.25) is 0 Å². The largest absolute Gasteiger partial charge is 0.506 e. The number of nitrogens with one attached hydrogen (secondary N) is 1. The third-order valence-electron chi connectivity index (χ3n) is 6.55. The van der Waals surface area contributed by atoms with Gasteiger partial charge in [-0.1, -0.05) is 36.8 Å². The van der Waals surface area contributed by atoms with Crippen LogP contribution < -0.4 is 5.32 Å². The number of carbonyl (C=O) groups excluding carboxylic acids is 2. The van der Waals surface area contributed by atoms with Gasteiger partial charge in [0.25, 0.3) is 5.91 Å². The predicted molar refractivity (Wildman–Crippen MR) is 119 cm³/mol. The molecule has 3 aromatic rings. The molecule has 5 rings (SSSR count). The molecule has 8 heteroatoms. The zero-order valence-electron chi connectivity index (χ0n) is 18.0. The molecule has 1 aromatic heterocycles. The molecule has 1 unspecified atom stereocenters. The summed E-state index contributed by atoms with van der Waals surface area (Å²) in [5.74, 6) is 1.20. The van der Waals surface area contributed by atoms with Gasteiger partial charge in [-0.25, -0.2) is 0 Å². The minimum atomic E-state index is -0.556. The number of carbonyl (C=O) groups is 2. The van der Waals surface area contributed by atoms with E-state index < -0.39 is 6.04 Å². The maximum absolute atomic E-state index is 13.2. The predicted octanol–water partition coefficient (Wildman–Crippen LogP) is 2.78. The highest BCUT2D eigenvalue weighted by atomic mass is 16.3. The van der Waals surface area contributed by atoms with Crippen LogP contribution in [0.5, 0.6) is 5.75 Å². The SMILES string of the molecule is O=C(NCc1nnc2n1CCCCC2)C1CCCN1C(=O)c1ccc2ccccc2c1O. The van der Waals surface area contributed by atoms with E-state index in [1.54, 1.807) is 17.0 Å². The standard InChI is InChI=1S/C24H27N5O3/c30-22-17-8-4-3-7-16(17)11-12-18(22)24(32)28-14-6-9-19(28)23(31)25-15-21-27-26-20-10-2-1-5-13-29(20)21/h3-4,7-8,11-12,19,30H,1-2,5-6,9-10,13-15H2,(H,25,31). The maximum atomic E-state index is 13.2. The van der Waals surface area contributed by atoms with Gasteiger partial charge in [-0.3, -0.25) is 9.59 Å². The zero-order chi connectivity index (χ0) is 22.1. The Labute approximate surface area is 186 Å². The summed E-state index contributed by atoms with van der Waals surface area (Å²) in [5, 5.41) is 23.7. The van der Waals surface area contributed by atoms with Crippen molar-refractivity contribution in [1.82, 2.24) is 25.0 Å². The van der Waals surface area contributed by atoms with Gasteiger partial charge in [-0.15, -0.1) is 10.2 Å². The summed E-state index contributed by atoms with van der Waals surface area (Å²) in [7, 11) is 0. The van der Waals surface area contributed by atoms with Crippen LogP contribution in [-0.2, 0) is 24.3 Å². The third-order valence-corrected chi connectivity index (χ3v) is 6.55. The number of rotatable bonds is 4. The van der Waals surface area contributed by atoms with Gasteiger partial charge >= 0.3 is 0 Å². The second-order valence-corrected chi connectivity index (χ2v) is 8.55. The number of aryl methyl sites for hydroxylation is 1. The number of aromatic nitrogens is 3. The van der Waals surface area contributed by atoms with Crippen LogP contribution in [0.3, 0.4) is 0 Å². The Kier molecular flexibility index (Phi) is 5.51. The fourth-order valence-electron chi connectivity index (χ4n) is 4.82. The van der Waals surface area contributed by atoms with Crippen molar-refractivity contribution in [2.75, 3.05) is 6.54 Å². The minimum Gasteiger partial charge on any atom is -0.506 e. The Morgan fingerprint density at radius 3 is 2.81 bits per heavy atom. The molecular formula is C24H27N5O3. The Morgan fingerprint density at radius 1 is 1.03 bits per heavy atom. The van der Waals surface area contributed by atoms with E-state index in [9.17, 15) is 14.7 Å². The van der Waals surface area contributed by atoms with Crippen molar-refractivity contribution in [2.24, 2.45) is 0 Å². The van der Waals surface area contributed by atoms with Crippen LogP contribution in [-0.4, -0.2) is 49.2 Å². The lowest BCUT2D eigenvalue weighted by Crippen LogP contribution is -2.46. The number of hydrogen-bond donors (Lipinski definition) is 2. The number of nitrogens with zero attached hydrogens (tertiary/aromatic N) is 4. The van der Waals surface area contributed by atoms with Crippen LogP contribution in [0.4, 0.5) is 0 Å². The molecule has 3 heterocycles. The number of aromatic hydroxyl groups is 1. The molecule has 0 saturated carbocycles. The van der Waals surface area contributed by atoms with E-state index in [0.717, 1.165) is 49.3 Å². The van der Waals surface area contributed by atoms with Gasteiger partial charge < -0.3 is 19.9 Å². The molecule has 2 amide bonds. The zero-order valence-corrected chi connectivity index (χ0v) is 18.0. The number of fused-ring (bicyclic) bond motifs is 2. The summed E-state index contributed by atoms with van der Waals surface area (Å²) in [6, 6.07) is 10.3. The number of phenolic OH excluding ortho intramolecular Hbond substituents is 1. The van der Waals surface area contributed by atoms with Crippen molar-refractivity contribution >= 4 is 22.6 Å². The first-order valence-electron chi connectivity index (χ1n) is 11.3. The third kappa shape index (κ3) is 3.70. The monoisotopic (exact) mass is 433 g/mol. The number of benzene rings is 2. The lowest BCUT2D eigenvalue weighted by Gasteiger charge is -2.24. The number of likely N-dealkylation sites (tertiary alicyclic amines) is 1. The lowest BCUT2D eigenvalue weighted by molar-refractivity contribution is -0.125. The second-order valence-electron chi connectivity index (χ2n) is 8.55. The molecule has 166 valence electrons. The van der Waals surface area contributed by atoms with Crippen LogP contribution >= 0.6 is 0 Å². The Morgan fingerprint density at radius 2 is 1.91 bits per heavy atom. The van der Waals surface area contributed by atoms with E-state index >= 15 is 0 Å². The smallest absolute Gasteiger partial charge is 0.258 e. The van der Waals surface area contributed by atoms with Crippen LogP contribution in [0.25, 0.3) is 10.8 Å². The maximum Gasteiger partial charge on any atom is 0.258 e. The molecule has 1 atom stereocenters. The molecule has 8 nitrogen and oxygen atoms in total. The van der Waals surface area contributed by atoms with Gasteiger partial charge in [0.2, 0.25) is 5.91 Å². The minimum absolute atomic E-state index is 0.0367. The van der Waals surface area contributed by atoms with Gasteiger partial charge in [0, 0.05) is 24.9 Å². The number of hydrogen-bond acceptors (Lipinski definition) is 5. The lowest BCUT2D eigenvalue weighted by atomic mass is 10.0. The summed E-state index contributed by atoms with van der Waals surface area (Å²) in [4.78, 5) is 27.8. The molecule has 0 bridgehead atoms. The molecule has 2 aliphatic heterocycles. The second kappa shape index (κ2) is 8.61. The number of amides is 2. The molecule has 2 N–H and O–H groups in total. The first kappa shape index (κ1) is 20.5. The average Bonchev–Trinajstić information content (AvgIpc) is 3.39. The Balaban J connectivity index is 1.30. The van der Waals surface area contributed by atoms with Gasteiger partial charge in [-0.2, -0.15) is 0 Å². The van der Waals surface area contributed by atoms with E-state index in [1.807, 2.05) is 24.3 Å². The van der Waals surface area contributed by atoms with Crippen LogP contribution in [0, 0.1) is 0 Å². The molecule has 0 aliphatic carbocycles. The molecule has 0 spiro atoms. The quantitative estimate of drug-likeness (QED) is 0.659. The Bertz CT molecular complexity index is 1170. The first-order valence-corrected chi connectivity index (χ1v) is 11.3. The van der Waals surface area contributed by atoms with E-state index in [-0.39, 0.29) is 23.1 Å². The van der Waals surface area contributed by atoms with Crippen molar-refractivity contribution in [1.29, 1.82) is 0 Å². The highest BCUT2D eigenvalue weighted by molar-refractivity contribution is 6.05. The molecule has 0 radical (unpaired) electrons. The summed E-state index contributed by atoms with van der Waals surface area (Å²) in [6.07, 6.45) is 5.65. The summed E-state index contributed by atoms with van der Waals surface area (Å²) < 4.78 is 2.11. The molecule has 1 saturated heterocycles. The van der Waals surface area contributed by atoms with E-state index in [4.69, 9.17) is 0 Å². The van der Waals surface area contributed by atoms with Crippen LogP contribution in [0.1, 0.15) is 54.1 Å². The molecular weight excluding hydrogens is 406 g/mol. The van der Waals surface area contributed by atoms with Crippen molar-refractivity contribution < 1.29 is 14.7 Å². The fraction of sp³-hybridized carbons (Fsp3) is 0.417. The van der Waals surface area contributed by atoms with Gasteiger partial charge in [0.15, 0.2) is 5.82 Å². The molecule has 32 heavy (non-hydrogen) atoms. The van der Waals surface area contributed by atoms with E-state index in [2.05, 4.69) is 20.1 Å². The topological polar surface area (TPSA) is 100 Å². The first-order chi connectivity index (χ1) is 15.6. The van der Waals surface area contributed by atoms with E-state index in [0.29, 0.717) is 24.9 Å². The Hall–Kier alpha value is -3.42.